The number of esters is 1. The van der Waals surface area contributed by atoms with Crippen molar-refractivity contribution in [2.45, 2.75) is 398 Å². The molecule has 2 atom stereocenters. The first-order chi connectivity index (χ1) is 38.5. The molecule has 0 aromatic carbocycles. The van der Waals surface area contributed by atoms with Crippen LogP contribution in [-0.2, 0) is 14.3 Å². The lowest BCUT2D eigenvalue weighted by Gasteiger charge is -2.20. The fraction of sp³-hybridized carbons (Fsp3) is 0.889. The number of nitrogens with one attached hydrogen (secondary N) is 1. The molecule has 0 aromatic rings. The number of aliphatic hydroxyl groups is 2. The maximum atomic E-state index is 12.5. The van der Waals surface area contributed by atoms with Crippen LogP contribution in [0.3, 0.4) is 0 Å². The molecule has 0 heterocycles. The molecule has 0 rings (SSSR count). The minimum atomic E-state index is -0.849. The van der Waals surface area contributed by atoms with Gasteiger partial charge in [-0.3, -0.25) is 9.59 Å². The zero-order chi connectivity index (χ0) is 56.4. The number of unbranched alkanes of at least 4 members (excludes halogenated alkanes) is 51. The molecule has 6 nitrogen and oxygen atoms in total. The summed E-state index contributed by atoms with van der Waals surface area (Å²) in [7, 11) is 0. The van der Waals surface area contributed by atoms with Crippen LogP contribution in [0.5, 0.6) is 0 Å². The van der Waals surface area contributed by atoms with Crippen molar-refractivity contribution in [3.8, 4) is 0 Å². The standard InChI is InChI=1S/C72H137NO5/c1-3-5-7-9-11-13-15-17-19-21-28-32-36-40-44-48-52-56-60-64-70(75)69(68-74)73-71(76)65-61-57-53-49-45-41-37-33-30-26-24-23-25-27-31-35-39-43-47-51-55-59-63-67-78-72(77)66-62-58-54-50-46-42-38-34-29-22-20-18-16-14-12-10-8-6-4-2/h18,20,26,30,60,64,69-70,74-75H,3-17,19,21-25,27-29,31-59,61-63,65-68H2,1-2H3,(H,73,76)/b20-18-,30-26-,64-60+. The minimum absolute atomic E-state index is 0.0111. The molecule has 6 heteroatoms. The van der Waals surface area contributed by atoms with E-state index >= 15 is 0 Å². The van der Waals surface area contributed by atoms with Gasteiger partial charge in [-0.2, -0.15) is 0 Å². The van der Waals surface area contributed by atoms with Gasteiger partial charge in [-0.15, -0.1) is 0 Å². The molecule has 0 saturated heterocycles. The van der Waals surface area contributed by atoms with Crippen molar-refractivity contribution < 1.29 is 24.5 Å². The summed E-state index contributed by atoms with van der Waals surface area (Å²) in [6.07, 6.45) is 86.4. The van der Waals surface area contributed by atoms with Crippen molar-refractivity contribution in [3.63, 3.8) is 0 Å². The Morgan fingerprint density at radius 1 is 0.346 bits per heavy atom. The number of hydrogen-bond acceptors (Lipinski definition) is 5. The third kappa shape index (κ3) is 63.3. The number of ether oxygens (including phenoxy) is 1. The van der Waals surface area contributed by atoms with Crippen LogP contribution in [0, 0.1) is 0 Å². The molecule has 0 aliphatic heterocycles. The average molecular weight is 1100 g/mol. The Hall–Kier alpha value is -1.92. The Kier molecular flexibility index (Phi) is 65.9. The molecule has 460 valence electrons. The van der Waals surface area contributed by atoms with Crippen molar-refractivity contribution in [3.05, 3.63) is 36.5 Å². The van der Waals surface area contributed by atoms with E-state index < -0.39 is 12.1 Å². The largest absolute Gasteiger partial charge is 0.466 e. The van der Waals surface area contributed by atoms with E-state index in [0.717, 1.165) is 51.4 Å². The fourth-order valence-corrected chi connectivity index (χ4v) is 11.0. The van der Waals surface area contributed by atoms with Gasteiger partial charge in [0.15, 0.2) is 0 Å². The molecule has 0 radical (unpaired) electrons. The summed E-state index contributed by atoms with van der Waals surface area (Å²) >= 11 is 0. The molecule has 0 aliphatic carbocycles. The Labute approximate surface area is 487 Å². The average Bonchev–Trinajstić information content (AvgIpc) is 3.44. The second kappa shape index (κ2) is 67.6. The van der Waals surface area contributed by atoms with Crippen LogP contribution >= 0.6 is 0 Å². The zero-order valence-corrected chi connectivity index (χ0v) is 52.7. The summed E-state index contributed by atoms with van der Waals surface area (Å²) in [6, 6.07) is -0.634. The van der Waals surface area contributed by atoms with Gasteiger partial charge in [0.25, 0.3) is 0 Å². The van der Waals surface area contributed by atoms with Crippen LogP contribution in [0.4, 0.5) is 0 Å². The van der Waals surface area contributed by atoms with Gasteiger partial charge in [0, 0.05) is 12.8 Å². The summed E-state index contributed by atoms with van der Waals surface area (Å²) in [5.41, 5.74) is 0. The highest BCUT2D eigenvalue weighted by molar-refractivity contribution is 5.76. The molecular formula is C72H137NO5. The summed E-state index contributed by atoms with van der Waals surface area (Å²) in [4.78, 5) is 24.6. The quantitative estimate of drug-likeness (QED) is 0.0320. The Morgan fingerprint density at radius 3 is 0.910 bits per heavy atom. The van der Waals surface area contributed by atoms with Gasteiger partial charge in [0.1, 0.15) is 0 Å². The van der Waals surface area contributed by atoms with Crippen molar-refractivity contribution in [1.82, 2.24) is 5.32 Å². The van der Waals surface area contributed by atoms with Crippen LogP contribution in [-0.4, -0.2) is 47.4 Å². The third-order valence-corrected chi connectivity index (χ3v) is 16.4. The van der Waals surface area contributed by atoms with Gasteiger partial charge < -0.3 is 20.3 Å². The molecule has 0 saturated carbocycles. The molecule has 0 bridgehead atoms. The first-order valence-corrected chi connectivity index (χ1v) is 35.3. The van der Waals surface area contributed by atoms with E-state index in [1.807, 2.05) is 6.08 Å². The molecule has 3 N–H and O–H groups in total. The highest BCUT2D eigenvalue weighted by Gasteiger charge is 2.18. The predicted molar refractivity (Wildman–Crippen MR) is 343 cm³/mol. The topological polar surface area (TPSA) is 95.9 Å². The van der Waals surface area contributed by atoms with Gasteiger partial charge in [0.05, 0.1) is 25.4 Å². The van der Waals surface area contributed by atoms with Crippen LogP contribution in [0.25, 0.3) is 0 Å². The lowest BCUT2D eigenvalue weighted by molar-refractivity contribution is -0.143. The van der Waals surface area contributed by atoms with Gasteiger partial charge in [-0.25, -0.2) is 0 Å². The van der Waals surface area contributed by atoms with Crippen LogP contribution < -0.4 is 5.32 Å². The third-order valence-electron chi connectivity index (χ3n) is 16.4. The van der Waals surface area contributed by atoms with E-state index in [1.165, 1.54) is 308 Å². The SMILES string of the molecule is CCCCCCCC/C=C\CCCCCCCCCCCC(=O)OCCCCCCCCCCCCCC/C=C\CCCCCCCCCC(=O)NC(CO)C(O)/C=C/CCCCCCCCCCCCCCCCCCC. The second-order valence-electron chi connectivity index (χ2n) is 24.2. The number of rotatable bonds is 66. The lowest BCUT2D eigenvalue weighted by atomic mass is 10.0. The monoisotopic (exact) mass is 1100 g/mol. The van der Waals surface area contributed by atoms with Gasteiger partial charge >= 0.3 is 5.97 Å². The number of allylic oxidation sites excluding steroid dienone is 5. The first-order valence-electron chi connectivity index (χ1n) is 35.3. The predicted octanol–water partition coefficient (Wildman–Crippen LogP) is 22.7. The lowest BCUT2D eigenvalue weighted by Crippen LogP contribution is -2.45. The van der Waals surface area contributed by atoms with E-state index in [9.17, 15) is 19.8 Å². The number of carbonyl (C=O) groups excluding carboxylic acids is 2. The molecule has 2 unspecified atom stereocenters. The maximum absolute atomic E-state index is 12.5. The normalized spacial score (nSPS) is 12.7. The second-order valence-corrected chi connectivity index (χ2v) is 24.2. The van der Waals surface area contributed by atoms with Crippen LogP contribution in [0.15, 0.2) is 36.5 Å². The van der Waals surface area contributed by atoms with E-state index in [1.54, 1.807) is 6.08 Å². The van der Waals surface area contributed by atoms with E-state index in [4.69, 9.17) is 4.74 Å². The zero-order valence-electron chi connectivity index (χ0n) is 52.7. The number of hydrogen-bond donors (Lipinski definition) is 3. The summed E-state index contributed by atoms with van der Waals surface area (Å²) in [5, 5.41) is 23.2. The number of amides is 1. The Morgan fingerprint density at radius 2 is 0.603 bits per heavy atom. The van der Waals surface area contributed by atoms with Crippen LogP contribution in [0.1, 0.15) is 386 Å². The highest BCUT2D eigenvalue weighted by atomic mass is 16.5. The van der Waals surface area contributed by atoms with E-state index in [2.05, 4.69) is 43.5 Å². The Balaban J connectivity index is 3.42. The Bertz CT molecular complexity index is 1260. The van der Waals surface area contributed by atoms with Gasteiger partial charge in [0.2, 0.25) is 5.91 Å². The first kappa shape index (κ1) is 76.1. The molecule has 0 aromatic heterocycles. The maximum Gasteiger partial charge on any atom is 0.305 e. The van der Waals surface area contributed by atoms with Crippen molar-refractivity contribution in [2.75, 3.05) is 13.2 Å². The summed E-state index contributed by atoms with van der Waals surface area (Å²) in [5.74, 6) is -0.0602. The number of carbonyl (C=O) groups is 2. The summed E-state index contributed by atoms with van der Waals surface area (Å²) in [6.45, 7) is 4.93. The van der Waals surface area contributed by atoms with Crippen molar-refractivity contribution in [1.29, 1.82) is 0 Å². The van der Waals surface area contributed by atoms with Crippen molar-refractivity contribution in [2.24, 2.45) is 0 Å². The van der Waals surface area contributed by atoms with Crippen molar-refractivity contribution >= 4 is 11.9 Å². The smallest absolute Gasteiger partial charge is 0.305 e. The molecule has 0 spiro atoms. The molecule has 78 heavy (non-hydrogen) atoms. The van der Waals surface area contributed by atoms with Gasteiger partial charge in [-0.1, -0.05) is 326 Å². The molecule has 1 amide bonds. The van der Waals surface area contributed by atoms with Crippen LogP contribution in [0.2, 0.25) is 0 Å². The molecule has 0 fully saturated rings. The molecule has 0 aliphatic rings. The summed E-state index contributed by atoms with van der Waals surface area (Å²) < 4.78 is 5.51. The van der Waals surface area contributed by atoms with E-state index in [0.29, 0.717) is 19.4 Å². The molecular weight excluding hydrogens is 959 g/mol. The minimum Gasteiger partial charge on any atom is -0.466 e. The fourth-order valence-electron chi connectivity index (χ4n) is 11.0. The number of aliphatic hydroxyl groups excluding tert-OH is 2. The van der Waals surface area contributed by atoms with E-state index in [-0.39, 0.29) is 18.5 Å². The highest BCUT2D eigenvalue weighted by Crippen LogP contribution is 2.18. The van der Waals surface area contributed by atoms with Gasteiger partial charge in [-0.05, 0) is 83.5 Å².